The van der Waals surface area contributed by atoms with Crippen molar-refractivity contribution >= 4 is 11.8 Å². The number of ether oxygens (including phenoxy) is 1. The Hall–Kier alpha value is -2.06. The first-order chi connectivity index (χ1) is 14.5. The lowest BCUT2D eigenvalue weighted by molar-refractivity contribution is -0.145. The Labute approximate surface area is 182 Å². The molecule has 0 radical (unpaired) electrons. The number of halogens is 3. The van der Waals surface area contributed by atoms with Crippen molar-refractivity contribution < 1.29 is 22.7 Å². The molecule has 0 unspecified atom stereocenters. The zero-order chi connectivity index (χ0) is 22.6. The van der Waals surface area contributed by atoms with Crippen LogP contribution in [0.4, 0.5) is 23.7 Å². The van der Waals surface area contributed by atoms with Crippen LogP contribution in [0.2, 0.25) is 0 Å². The predicted molar refractivity (Wildman–Crippen MR) is 112 cm³/mol. The molecular weight excluding hydrogens is 409 g/mol. The third-order valence-corrected chi connectivity index (χ3v) is 6.02. The Morgan fingerprint density at radius 3 is 2.45 bits per heavy atom. The third kappa shape index (κ3) is 6.97. The molecule has 9 heteroatoms. The number of alkyl halides is 3. The quantitative estimate of drug-likeness (QED) is 0.696. The second kappa shape index (κ2) is 9.61. The number of nitrogens with zero attached hydrogens (tertiary/aromatic N) is 3. The Kier molecular flexibility index (Phi) is 7.31. The van der Waals surface area contributed by atoms with E-state index in [2.05, 4.69) is 20.2 Å². The van der Waals surface area contributed by atoms with E-state index in [1.165, 1.54) is 12.4 Å². The van der Waals surface area contributed by atoms with Gasteiger partial charge < -0.3 is 15.0 Å². The summed E-state index contributed by atoms with van der Waals surface area (Å²) in [5.41, 5.74) is 0.103. The Bertz CT molecular complexity index is 734. The van der Waals surface area contributed by atoms with Gasteiger partial charge in [0.1, 0.15) is 5.60 Å². The zero-order valence-electron chi connectivity index (χ0n) is 18.5. The summed E-state index contributed by atoms with van der Waals surface area (Å²) in [6.45, 7) is 7.12. The van der Waals surface area contributed by atoms with E-state index in [9.17, 15) is 18.0 Å². The summed E-state index contributed by atoms with van der Waals surface area (Å²) in [7, 11) is 0. The lowest BCUT2D eigenvalue weighted by Crippen LogP contribution is -2.46. The first-order valence-corrected chi connectivity index (χ1v) is 11.1. The van der Waals surface area contributed by atoms with Gasteiger partial charge in [-0.05, 0) is 64.7 Å². The van der Waals surface area contributed by atoms with Gasteiger partial charge in [0.05, 0.1) is 18.1 Å². The van der Waals surface area contributed by atoms with Gasteiger partial charge in [0.2, 0.25) is 5.82 Å². The van der Waals surface area contributed by atoms with Crippen molar-refractivity contribution in [3.8, 4) is 0 Å². The highest BCUT2D eigenvalue weighted by Crippen LogP contribution is 2.34. The molecule has 0 bridgehead atoms. The molecule has 1 N–H and O–H groups in total. The van der Waals surface area contributed by atoms with Crippen LogP contribution in [0, 0.1) is 11.8 Å². The Balaban J connectivity index is 1.58. The topological polar surface area (TPSA) is 67.3 Å². The van der Waals surface area contributed by atoms with E-state index in [-0.39, 0.29) is 12.1 Å². The van der Waals surface area contributed by atoms with Crippen LogP contribution in [0.3, 0.4) is 0 Å². The van der Waals surface area contributed by atoms with Crippen LogP contribution < -0.4 is 10.2 Å². The molecule has 2 aliphatic rings. The maximum Gasteiger partial charge on any atom is 0.451 e. The highest BCUT2D eigenvalue weighted by molar-refractivity contribution is 5.68. The van der Waals surface area contributed by atoms with Crippen molar-refractivity contribution in [2.24, 2.45) is 11.8 Å². The van der Waals surface area contributed by atoms with Crippen LogP contribution in [0.5, 0.6) is 0 Å². The first kappa shape index (κ1) is 23.6. The number of hydrogen-bond acceptors (Lipinski definition) is 5. The number of alkyl carbamates (subject to hydrolysis) is 1. The molecule has 1 aliphatic carbocycles. The molecule has 1 aliphatic heterocycles. The van der Waals surface area contributed by atoms with Gasteiger partial charge in [-0.3, -0.25) is 0 Å². The van der Waals surface area contributed by atoms with E-state index in [0.717, 1.165) is 58.0 Å². The molecule has 2 fully saturated rings. The normalized spacial score (nSPS) is 25.2. The summed E-state index contributed by atoms with van der Waals surface area (Å²) >= 11 is 0. The number of hydrogen-bond donors (Lipinski definition) is 1. The van der Waals surface area contributed by atoms with Crippen molar-refractivity contribution in [1.82, 2.24) is 15.3 Å². The molecule has 3 atom stereocenters. The zero-order valence-corrected chi connectivity index (χ0v) is 18.5. The average molecular weight is 443 g/mol. The molecule has 3 rings (SSSR count). The van der Waals surface area contributed by atoms with Gasteiger partial charge in [-0.1, -0.05) is 12.8 Å². The largest absolute Gasteiger partial charge is 0.451 e. The van der Waals surface area contributed by atoms with E-state index in [1.54, 1.807) is 0 Å². The summed E-state index contributed by atoms with van der Waals surface area (Å²) in [4.78, 5) is 21.3. The van der Waals surface area contributed by atoms with Gasteiger partial charge in [0.25, 0.3) is 0 Å². The number of aromatic nitrogens is 2. The van der Waals surface area contributed by atoms with Gasteiger partial charge in [-0.2, -0.15) is 13.2 Å². The molecule has 1 amide bonds. The van der Waals surface area contributed by atoms with Gasteiger partial charge in [-0.25, -0.2) is 14.8 Å². The Morgan fingerprint density at radius 2 is 1.81 bits per heavy atom. The van der Waals surface area contributed by atoms with Crippen molar-refractivity contribution in [2.45, 2.75) is 83.5 Å². The molecule has 1 aromatic rings. The minimum absolute atomic E-state index is 0.105. The average Bonchev–Trinajstić information content (AvgIpc) is 2.68. The molecule has 31 heavy (non-hydrogen) atoms. The van der Waals surface area contributed by atoms with Crippen LogP contribution in [-0.4, -0.2) is 40.8 Å². The monoisotopic (exact) mass is 442 g/mol. The van der Waals surface area contributed by atoms with E-state index in [4.69, 9.17) is 4.74 Å². The molecule has 1 saturated carbocycles. The van der Waals surface area contributed by atoms with E-state index in [0.29, 0.717) is 17.5 Å². The van der Waals surface area contributed by atoms with Crippen LogP contribution in [0.1, 0.15) is 71.5 Å². The highest BCUT2D eigenvalue weighted by Gasteiger charge is 2.35. The fraction of sp³-hybridized carbons (Fsp3) is 0.773. The lowest BCUT2D eigenvalue weighted by atomic mass is 9.77. The third-order valence-electron chi connectivity index (χ3n) is 6.02. The van der Waals surface area contributed by atoms with Gasteiger partial charge in [-0.15, -0.1) is 0 Å². The molecule has 1 saturated heterocycles. The maximum absolute atomic E-state index is 12.7. The van der Waals surface area contributed by atoms with E-state index >= 15 is 0 Å². The minimum Gasteiger partial charge on any atom is -0.444 e. The molecular formula is C22H33F3N4O2. The van der Waals surface area contributed by atoms with Gasteiger partial charge >= 0.3 is 12.3 Å². The number of piperidine rings is 1. The molecule has 0 spiro atoms. The number of carbonyl (C=O) groups excluding carboxylic acids is 1. The fourth-order valence-electron chi connectivity index (χ4n) is 4.69. The van der Waals surface area contributed by atoms with Crippen LogP contribution in [-0.2, 0) is 10.9 Å². The number of anilines is 1. The van der Waals surface area contributed by atoms with Crippen molar-refractivity contribution in [2.75, 3.05) is 18.0 Å². The van der Waals surface area contributed by atoms with Crippen LogP contribution in [0.15, 0.2) is 12.4 Å². The summed E-state index contributed by atoms with van der Waals surface area (Å²) in [6, 6.07) is 0.105. The lowest BCUT2D eigenvalue weighted by Gasteiger charge is -2.39. The van der Waals surface area contributed by atoms with Crippen LogP contribution >= 0.6 is 0 Å². The van der Waals surface area contributed by atoms with Crippen molar-refractivity contribution in [1.29, 1.82) is 0 Å². The Morgan fingerprint density at radius 1 is 1.13 bits per heavy atom. The first-order valence-electron chi connectivity index (χ1n) is 11.1. The standard InChI is InChI=1S/C22H33F3N4O2/c1-21(2,3)31-20(30)28-18-9-5-4-8-16(18)11-15-7-6-10-29(14-15)17-12-26-19(27-13-17)22(23,24)25/h12-13,15-16,18H,4-11,14H2,1-3H3,(H,28,30)/t15-,16+,18-/m1/s1. The summed E-state index contributed by atoms with van der Waals surface area (Å²) in [6.07, 6.45) is 4.95. The smallest absolute Gasteiger partial charge is 0.444 e. The molecule has 0 aromatic carbocycles. The van der Waals surface area contributed by atoms with Gasteiger partial charge in [0, 0.05) is 19.1 Å². The molecule has 1 aromatic heterocycles. The summed E-state index contributed by atoms with van der Waals surface area (Å²) in [5.74, 6) is -0.305. The highest BCUT2D eigenvalue weighted by atomic mass is 19.4. The van der Waals surface area contributed by atoms with E-state index < -0.39 is 17.6 Å². The number of rotatable bonds is 4. The van der Waals surface area contributed by atoms with Crippen molar-refractivity contribution in [3.63, 3.8) is 0 Å². The summed E-state index contributed by atoms with van der Waals surface area (Å²) < 4.78 is 43.6. The molecule has 6 nitrogen and oxygen atoms in total. The van der Waals surface area contributed by atoms with Crippen LogP contribution in [0.25, 0.3) is 0 Å². The van der Waals surface area contributed by atoms with E-state index in [1.807, 2.05) is 20.8 Å². The fourth-order valence-corrected chi connectivity index (χ4v) is 4.69. The SMILES string of the molecule is CC(C)(C)OC(=O)N[C@@H]1CCCC[C@H]1C[C@H]1CCCN(c2cnc(C(F)(F)F)nc2)C1. The predicted octanol–water partition coefficient (Wildman–Crippen LogP) is 5.19. The summed E-state index contributed by atoms with van der Waals surface area (Å²) in [5, 5.41) is 3.08. The second-order valence-corrected chi connectivity index (χ2v) is 9.75. The second-order valence-electron chi connectivity index (χ2n) is 9.75. The molecule has 2 heterocycles. The number of amides is 1. The number of carbonyl (C=O) groups is 1. The molecule has 174 valence electrons. The minimum atomic E-state index is -4.53. The number of nitrogens with one attached hydrogen (secondary N) is 1. The maximum atomic E-state index is 12.7. The van der Waals surface area contributed by atoms with Crippen molar-refractivity contribution in [3.05, 3.63) is 18.2 Å². The van der Waals surface area contributed by atoms with Gasteiger partial charge in [0.15, 0.2) is 0 Å².